The molecule has 3 heterocycles. The summed E-state index contributed by atoms with van der Waals surface area (Å²) in [7, 11) is -3.75. The summed E-state index contributed by atoms with van der Waals surface area (Å²) in [5.74, 6) is 0.541. The largest absolute Gasteiger partial charge is 0.444 e. The molecule has 0 saturated carbocycles. The van der Waals surface area contributed by atoms with Crippen LogP contribution in [0.1, 0.15) is 66.5 Å². The maximum absolute atomic E-state index is 13.6. The fourth-order valence-electron chi connectivity index (χ4n) is 4.87. The number of hydrogen-bond donors (Lipinski definition) is 0. The van der Waals surface area contributed by atoms with Gasteiger partial charge in [-0.25, -0.2) is 27.2 Å². The van der Waals surface area contributed by atoms with E-state index < -0.39 is 15.6 Å². The highest BCUT2D eigenvalue weighted by atomic mass is 32.2. The van der Waals surface area contributed by atoms with E-state index >= 15 is 0 Å². The van der Waals surface area contributed by atoms with Gasteiger partial charge in [0.2, 0.25) is 10.0 Å². The van der Waals surface area contributed by atoms with Crippen molar-refractivity contribution < 1.29 is 17.9 Å². The van der Waals surface area contributed by atoms with Gasteiger partial charge in [0, 0.05) is 31.4 Å². The molecular formula is C28H39N5O4S. The number of piperazine rings is 1. The number of benzene rings is 1. The number of fused-ring (bicyclic) bond motifs is 1. The summed E-state index contributed by atoms with van der Waals surface area (Å²) in [5, 5.41) is 0.724. The Bertz CT molecular complexity index is 1420. The van der Waals surface area contributed by atoms with E-state index in [-0.39, 0.29) is 29.3 Å². The summed E-state index contributed by atoms with van der Waals surface area (Å²) in [4.78, 5) is 25.9. The molecule has 1 saturated heterocycles. The van der Waals surface area contributed by atoms with Crippen LogP contribution in [-0.2, 0) is 25.9 Å². The Kier molecular flexibility index (Phi) is 7.24. The number of anilines is 1. The molecule has 1 amide bonds. The van der Waals surface area contributed by atoms with E-state index in [0.29, 0.717) is 30.1 Å². The van der Waals surface area contributed by atoms with E-state index in [1.807, 2.05) is 65.0 Å². The minimum atomic E-state index is -3.75. The van der Waals surface area contributed by atoms with Gasteiger partial charge in [-0.1, -0.05) is 51.1 Å². The number of aromatic nitrogens is 3. The van der Waals surface area contributed by atoms with E-state index in [0.717, 1.165) is 10.9 Å². The van der Waals surface area contributed by atoms with Crippen molar-refractivity contribution in [2.45, 2.75) is 84.2 Å². The number of hydrogen-bond acceptors (Lipinski definition) is 7. The summed E-state index contributed by atoms with van der Waals surface area (Å²) in [5.41, 5.74) is 0.991. The third-order valence-electron chi connectivity index (χ3n) is 6.72. The molecule has 1 aliphatic heterocycles. The molecule has 1 aromatic carbocycles. The van der Waals surface area contributed by atoms with Gasteiger partial charge in [0.25, 0.3) is 0 Å². The SMILES string of the molecule is C[C@@H]1CN(c2ncnc3c2c(C(C)(C)C)cn3S(=O)(=O)Cc2ccccc2)[C@@H](C)CN1C(=O)OC(C)(C)C. The van der Waals surface area contributed by atoms with Gasteiger partial charge in [0.1, 0.15) is 17.7 Å². The summed E-state index contributed by atoms with van der Waals surface area (Å²) < 4.78 is 34.2. The van der Waals surface area contributed by atoms with Crippen LogP contribution < -0.4 is 4.90 Å². The van der Waals surface area contributed by atoms with Gasteiger partial charge >= 0.3 is 6.09 Å². The molecule has 10 heteroatoms. The molecule has 3 aromatic rings. The normalized spacial score (nSPS) is 19.2. The molecule has 2 aromatic heterocycles. The molecule has 1 fully saturated rings. The molecule has 9 nitrogen and oxygen atoms in total. The average molecular weight is 542 g/mol. The van der Waals surface area contributed by atoms with Crippen molar-refractivity contribution in [3.05, 3.63) is 54.0 Å². The molecule has 0 bridgehead atoms. The van der Waals surface area contributed by atoms with Crippen LogP contribution in [0.5, 0.6) is 0 Å². The fraction of sp³-hybridized carbons (Fsp3) is 0.536. The van der Waals surface area contributed by atoms with Gasteiger partial charge in [-0.2, -0.15) is 0 Å². The van der Waals surface area contributed by atoms with Gasteiger partial charge < -0.3 is 14.5 Å². The van der Waals surface area contributed by atoms with Crippen molar-refractivity contribution in [3.8, 4) is 0 Å². The lowest BCUT2D eigenvalue weighted by molar-refractivity contribution is 0.0130. The van der Waals surface area contributed by atoms with Crippen molar-refractivity contribution in [1.29, 1.82) is 0 Å². The van der Waals surface area contributed by atoms with Gasteiger partial charge in [0.15, 0.2) is 5.65 Å². The van der Waals surface area contributed by atoms with E-state index in [4.69, 9.17) is 4.74 Å². The number of carbonyl (C=O) groups excluding carboxylic acids is 1. The highest BCUT2D eigenvalue weighted by molar-refractivity contribution is 7.89. The number of nitrogens with zero attached hydrogens (tertiary/aromatic N) is 5. The Balaban J connectivity index is 1.77. The fourth-order valence-corrected chi connectivity index (χ4v) is 6.29. The molecular weight excluding hydrogens is 502 g/mol. The highest BCUT2D eigenvalue weighted by Crippen LogP contribution is 2.38. The van der Waals surface area contributed by atoms with E-state index in [9.17, 15) is 13.2 Å². The molecule has 0 spiro atoms. The monoisotopic (exact) mass is 541 g/mol. The number of amides is 1. The molecule has 0 aliphatic carbocycles. The van der Waals surface area contributed by atoms with Gasteiger partial charge in [-0.15, -0.1) is 0 Å². The maximum Gasteiger partial charge on any atom is 0.410 e. The molecule has 0 unspecified atom stereocenters. The second kappa shape index (κ2) is 9.87. The zero-order valence-corrected chi connectivity index (χ0v) is 24.4. The molecule has 0 radical (unpaired) electrons. The zero-order chi connectivity index (χ0) is 28.0. The van der Waals surface area contributed by atoms with Crippen LogP contribution in [0, 0.1) is 0 Å². The van der Waals surface area contributed by atoms with Crippen LogP contribution in [0.25, 0.3) is 11.0 Å². The number of rotatable bonds is 4. The topological polar surface area (TPSA) is 97.6 Å². The van der Waals surface area contributed by atoms with Crippen molar-refractivity contribution in [3.63, 3.8) is 0 Å². The van der Waals surface area contributed by atoms with Crippen LogP contribution in [0.15, 0.2) is 42.9 Å². The van der Waals surface area contributed by atoms with Crippen molar-refractivity contribution in [1.82, 2.24) is 18.8 Å². The lowest BCUT2D eigenvalue weighted by atomic mass is 9.87. The van der Waals surface area contributed by atoms with Crippen molar-refractivity contribution >= 4 is 33.0 Å². The summed E-state index contributed by atoms with van der Waals surface area (Å²) in [6.45, 7) is 16.7. The predicted molar refractivity (Wildman–Crippen MR) is 150 cm³/mol. The first-order valence-electron chi connectivity index (χ1n) is 13.0. The van der Waals surface area contributed by atoms with Crippen LogP contribution in [0.4, 0.5) is 10.6 Å². The first kappa shape index (κ1) is 27.9. The smallest absolute Gasteiger partial charge is 0.410 e. The minimum absolute atomic E-state index is 0.0751. The van der Waals surface area contributed by atoms with Crippen LogP contribution in [0.3, 0.4) is 0 Å². The van der Waals surface area contributed by atoms with Crippen LogP contribution >= 0.6 is 0 Å². The lowest BCUT2D eigenvalue weighted by Crippen LogP contribution is -2.59. The average Bonchev–Trinajstić information content (AvgIpc) is 3.21. The predicted octanol–water partition coefficient (Wildman–Crippen LogP) is 4.94. The number of ether oxygens (including phenoxy) is 1. The Morgan fingerprint density at radius 2 is 1.66 bits per heavy atom. The van der Waals surface area contributed by atoms with Crippen molar-refractivity contribution in [2.24, 2.45) is 0 Å². The Labute approximate surface area is 225 Å². The Morgan fingerprint density at radius 3 is 2.26 bits per heavy atom. The molecule has 206 valence electrons. The van der Waals surface area contributed by atoms with Crippen LogP contribution in [0.2, 0.25) is 0 Å². The molecule has 1 aliphatic rings. The van der Waals surface area contributed by atoms with Gasteiger partial charge in [-0.05, 0) is 51.2 Å². The van der Waals surface area contributed by atoms with Crippen molar-refractivity contribution in [2.75, 3.05) is 18.0 Å². The van der Waals surface area contributed by atoms with E-state index in [1.54, 1.807) is 11.1 Å². The molecule has 2 atom stereocenters. The Morgan fingerprint density at radius 1 is 1.00 bits per heavy atom. The van der Waals surface area contributed by atoms with Crippen LogP contribution in [-0.4, -0.2) is 64.1 Å². The third-order valence-corrected chi connectivity index (χ3v) is 8.29. The maximum atomic E-state index is 13.6. The van der Waals surface area contributed by atoms with Gasteiger partial charge in [0.05, 0.1) is 11.1 Å². The summed E-state index contributed by atoms with van der Waals surface area (Å²) in [6, 6.07) is 8.94. The third kappa shape index (κ3) is 5.65. The first-order valence-corrected chi connectivity index (χ1v) is 14.6. The highest BCUT2D eigenvalue weighted by Gasteiger charge is 2.37. The van der Waals surface area contributed by atoms with E-state index in [1.165, 1.54) is 10.3 Å². The summed E-state index contributed by atoms with van der Waals surface area (Å²) >= 11 is 0. The molecule has 4 rings (SSSR count). The molecule has 0 N–H and O–H groups in total. The minimum Gasteiger partial charge on any atom is -0.444 e. The van der Waals surface area contributed by atoms with E-state index in [2.05, 4.69) is 35.6 Å². The Hall–Kier alpha value is -3.14. The first-order chi connectivity index (χ1) is 17.6. The lowest BCUT2D eigenvalue weighted by Gasteiger charge is -2.45. The molecule has 38 heavy (non-hydrogen) atoms. The second-order valence-electron chi connectivity index (χ2n) is 12.2. The number of carbonyl (C=O) groups is 1. The van der Waals surface area contributed by atoms with Gasteiger partial charge in [-0.3, -0.25) is 0 Å². The second-order valence-corrected chi connectivity index (χ2v) is 14.1. The standard InChI is InChI=1S/C28H39N5O4S/c1-19-15-32(26(34)37-28(6,7)8)20(2)14-31(19)24-23-22(27(3,4)5)16-33(25(23)30-18-29-24)38(35,36)17-21-12-10-9-11-13-21/h9-13,16,18-20H,14-15,17H2,1-8H3/t19-,20+/m0/s1. The summed E-state index contributed by atoms with van der Waals surface area (Å²) in [6.07, 6.45) is 2.79. The zero-order valence-electron chi connectivity index (χ0n) is 23.6. The quantitative estimate of drug-likeness (QED) is 0.461.